The Morgan fingerprint density at radius 2 is 1.96 bits per heavy atom. The van der Waals surface area contributed by atoms with Crippen LogP contribution in [0.25, 0.3) is 0 Å². The number of rotatable bonds is 7. The molecule has 1 aromatic heterocycles. The number of hydrogen-bond acceptors (Lipinski definition) is 7. The number of nitrogens with one attached hydrogen (secondary N) is 3. The first-order valence-corrected chi connectivity index (χ1v) is 9.35. The van der Waals surface area contributed by atoms with Gasteiger partial charge in [0, 0.05) is 18.8 Å². The number of anilines is 2. The quantitative estimate of drug-likeness (QED) is 0.494. The molecule has 3 N–H and O–H groups in total. The number of carbonyl (C=O) groups is 1. The lowest BCUT2D eigenvalue weighted by molar-refractivity contribution is -0.104. The third kappa shape index (κ3) is 4.24. The average Bonchev–Trinajstić information content (AvgIpc) is 3.43. The summed E-state index contributed by atoms with van der Waals surface area (Å²) < 4.78 is 0. The third-order valence-electron chi connectivity index (χ3n) is 5.09. The van der Waals surface area contributed by atoms with E-state index in [4.69, 9.17) is 0 Å². The SMILES string of the molecule is C=C1NC(C)(C)N(C)/C1=C(C)\C=C(/C=O)Nc1cc(NC(=C)C2CC2)ncn1. The highest BCUT2D eigenvalue weighted by molar-refractivity contribution is 5.79. The fourth-order valence-electron chi connectivity index (χ4n) is 3.24. The van der Waals surface area contributed by atoms with Crippen molar-refractivity contribution in [3.05, 3.63) is 60.0 Å². The van der Waals surface area contributed by atoms with Crippen molar-refractivity contribution in [2.24, 2.45) is 5.92 Å². The van der Waals surface area contributed by atoms with Gasteiger partial charge in [0.05, 0.1) is 17.1 Å². The second kappa shape index (κ2) is 7.50. The number of nitrogens with zero attached hydrogens (tertiary/aromatic N) is 3. The molecule has 1 aliphatic carbocycles. The highest BCUT2D eigenvalue weighted by atomic mass is 16.1. The fraction of sp³-hybridized carbons (Fsp3) is 0.381. The number of carbonyl (C=O) groups excluding carboxylic acids is 1. The van der Waals surface area contributed by atoms with E-state index in [0.29, 0.717) is 23.3 Å². The molecule has 0 spiro atoms. The van der Waals surface area contributed by atoms with Crippen molar-refractivity contribution in [2.45, 2.75) is 39.3 Å². The number of hydrogen-bond donors (Lipinski definition) is 3. The van der Waals surface area contributed by atoms with E-state index in [2.05, 4.69) is 57.8 Å². The van der Waals surface area contributed by atoms with Gasteiger partial charge in [0.2, 0.25) is 0 Å². The molecule has 7 nitrogen and oxygen atoms in total. The summed E-state index contributed by atoms with van der Waals surface area (Å²) in [6.45, 7) is 14.2. The van der Waals surface area contributed by atoms with E-state index in [1.165, 1.54) is 19.2 Å². The minimum atomic E-state index is -0.229. The third-order valence-corrected chi connectivity index (χ3v) is 5.09. The molecule has 2 heterocycles. The van der Waals surface area contributed by atoms with Crippen LogP contribution in [0.5, 0.6) is 0 Å². The number of aromatic nitrogens is 2. The second-order valence-electron chi connectivity index (χ2n) is 7.81. The Labute approximate surface area is 166 Å². The van der Waals surface area contributed by atoms with Crippen molar-refractivity contribution in [3.63, 3.8) is 0 Å². The molecule has 0 unspecified atom stereocenters. The molecule has 2 aliphatic rings. The average molecular weight is 380 g/mol. The molecule has 1 aromatic rings. The molecule has 1 saturated heterocycles. The molecule has 28 heavy (non-hydrogen) atoms. The van der Waals surface area contributed by atoms with Gasteiger partial charge >= 0.3 is 0 Å². The van der Waals surface area contributed by atoms with Crippen LogP contribution in [-0.2, 0) is 4.79 Å². The van der Waals surface area contributed by atoms with E-state index in [1.54, 1.807) is 12.1 Å². The van der Waals surface area contributed by atoms with Crippen LogP contribution < -0.4 is 16.0 Å². The first-order valence-electron chi connectivity index (χ1n) is 9.35. The Bertz CT molecular complexity index is 879. The van der Waals surface area contributed by atoms with Crippen molar-refractivity contribution >= 4 is 17.9 Å². The smallest absolute Gasteiger partial charge is 0.166 e. The molecule has 0 bridgehead atoms. The van der Waals surface area contributed by atoms with E-state index < -0.39 is 0 Å². The number of allylic oxidation sites excluding steroid dienone is 4. The summed E-state index contributed by atoms with van der Waals surface area (Å²) in [5.74, 6) is 1.72. The zero-order valence-corrected chi connectivity index (χ0v) is 17.0. The highest BCUT2D eigenvalue weighted by Crippen LogP contribution is 2.35. The summed E-state index contributed by atoms with van der Waals surface area (Å²) in [4.78, 5) is 22.2. The van der Waals surface area contributed by atoms with Crippen molar-refractivity contribution in [1.82, 2.24) is 20.2 Å². The largest absolute Gasteiger partial charge is 0.362 e. The number of aldehydes is 1. The van der Waals surface area contributed by atoms with E-state index >= 15 is 0 Å². The van der Waals surface area contributed by atoms with Gasteiger partial charge in [-0.25, -0.2) is 9.97 Å². The normalized spacial score (nSPS) is 20.5. The van der Waals surface area contributed by atoms with Gasteiger partial charge < -0.3 is 20.9 Å². The Kier molecular flexibility index (Phi) is 5.27. The molecule has 3 rings (SSSR count). The van der Waals surface area contributed by atoms with Crippen LogP contribution in [0.4, 0.5) is 11.6 Å². The lowest BCUT2D eigenvalue weighted by Gasteiger charge is -2.29. The fourth-order valence-corrected chi connectivity index (χ4v) is 3.24. The van der Waals surface area contributed by atoms with Crippen LogP contribution in [0, 0.1) is 5.92 Å². The van der Waals surface area contributed by atoms with Gasteiger partial charge in [-0.15, -0.1) is 0 Å². The van der Waals surface area contributed by atoms with Crippen LogP contribution in [0.1, 0.15) is 33.6 Å². The summed E-state index contributed by atoms with van der Waals surface area (Å²) in [5, 5.41) is 9.63. The molecule has 0 aromatic carbocycles. The Morgan fingerprint density at radius 1 is 1.32 bits per heavy atom. The molecule has 148 valence electrons. The molecule has 0 amide bonds. The van der Waals surface area contributed by atoms with E-state index in [0.717, 1.165) is 29.0 Å². The number of likely N-dealkylation sites (N-methyl/N-ethyl adjacent to an activating group) is 1. The van der Waals surface area contributed by atoms with Gasteiger partial charge in [-0.3, -0.25) is 4.79 Å². The van der Waals surface area contributed by atoms with Crippen LogP contribution >= 0.6 is 0 Å². The summed E-state index contributed by atoms with van der Waals surface area (Å²) in [5.41, 5.74) is 3.87. The van der Waals surface area contributed by atoms with Gasteiger partial charge in [-0.2, -0.15) is 0 Å². The van der Waals surface area contributed by atoms with E-state index in [9.17, 15) is 4.79 Å². The summed E-state index contributed by atoms with van der Waals surface area (Å²) in [6.07, 6.45) is 6.36. The lowest BCUT2D eigenvalue weighted by Crippen LogP contribution is -2.42. The highest BCUT2D eigenvalue weighted by Gasteiger charge is 2.34. The lowest BCUT2D eigenvalue weighted by atomic mass is 10.1. The van der Waals surface area contributed by atoms with E-state index in [1.807, 2.05) is 14.0 Å². The van der Waals surface area contributed by atoms with Crippen LogP contribution in [0.2, 0.25) is 0 Å². The molecule has 1 aliphatic heterocycles. The molecule has 7 heteroatoms. The minimum Gasteiger partial charge on any atom is -0.362 e. The second-order valence-corrected chi connectivity index (χ2v) is 7.81. The molecule has 2 fully saturated rings. The predicted molar refractivity (Wildman–Crippen MR) is 112 cm³/mol. The zero-order chi connectivity index (χ0) is 20.5. The van der Waals surface area contributed by atoms with Crippen LogP contribution in [0.15, 0.2) is 60.0 Å². The zero-order valence-electron chi connectivity index (χ0n) is 17.0. The van der Waals surface area contributed by atoms with Gasteiger partial charge in [-0.05, 0) is 51.2 Å². The topological polar surface area (TPSA) is 82.2 Å². The van der Waals surface area contributed by atoms with Gasteiger partial charge in [0.15, 0.2) is 6.29 Å². The molecule has 0 atom stereocenters. The summed E-state index contributed by atoms with van der Waals surface area (Å²) in [7, 11) is 2.00. The van der Waals surface area contributed by atoms with E-state index in [-0.39, 0.29) is 5.66 Å². The maximum Gasteiger partial charge on any atom is 0.166 e. The summed E-state index contributed by atoms with van der Waals surface area (Å²) >= 11 is 0. The maximum atomic E-state index is 11.6. The Balaban J connectivity index is 1.78. The monoisotopic (exact) mass is 380 g/mol. The van der Waals surface area contributed by atoms with Crippen molar-refractivity contribution in [2.75, 3.05) is 17.7 Å². The van der Waals surface area contributed by atoms with Gasteiger partial charge in [0.1, 0.15) is 23.6 Å². The van der Waals surface area contributed by atoms with Crippen LogP contribution in [0.3, 0.4) is 0 Å². The standard InChI is InChI=1S/C21H28N6O/c1-13(20-15(3)26-21(4,5)27(20)6)9-17(11-28)25-19-10-18(22-12-23-19)24-14(2)16-7-8-16/h9-12,16,26H,2-3,7-8H2,1,4-6H3,(H2,22,23,24,25)/b17-9+,20-13-. The first-order chi connectivity index (χ1) is 13.2. The first kappa shape index (κ1) is 19.7. The Morgan fingerprint density at radius 3 is 2.50 bits per heavy atom. The maximum absolute atomic E-state index is 11.6. The Hall–Kier alpha value is -3.09. The van der Waals surface area contributed by atoms with Gasteiger partial charge in [0.25, 0.3) is 0 Å². The molecular formula is C21H28N6O. The molecule has 0 radical (unpaired) electrons. The van der Waals surface area contributed by atoms with Crippen LogP contribution in [-0.4, -0.2) is 33.9 Å². The predicted octanol–water partition coefficient (Wildman–Crippen LogP) is 3.37. The molecule has 1 saturated carbocycles. The summed E-state index contributed by atoms with van der Waals surface area (Å²) in [6, 6.07) is 1.76. The van der Waals surface area contributed by atoms with Crippen molar-refractivity contribution in [3.8, 4) is 0 Å². The van der Waals surface area contributed by atoms with Crippen molar-refractivity contribution in [1.29, 1.82) is 0 Å². The molecular weight excluding hydrogens is 352 g/mol. The van der Waals surface area contributed by atoms with Gasteiger partial charge in [-0.1, -0.05) is 13.2 Å². The van der Waals surface area contributed by atoms with Crippen molar-refractivity contribution < 1.29 is 4.79 Å². The minimum absolute atomic E-state index is 0.229.